The van der Waals surface area contributed by atoms with Gasteiger partial charge < -0.3 is 4.74 Å². The summed E-state index contributed by atoms with van der Waals surface area (Å²) in [5, 5.41) is 0. The van der Waals surface area contributed by atoms with E-state index in [1.807, 2.05) is 12.3 Å². The normalized spacial score (nSPS) is 25.0. The molecule has 0 spiro atoms. The van der Waals surface area contributed by atoms with Gasteiger partial charge in [0.2, 0.25) is 0 Å². The first-order chi connectivity index (χ1) is 11.5. The van der Waals surface area contributed by atoms with Gasteiger partial charge in [-0.1, -0.05) is 64.4 Å². The second kappa shape index (κ2) is 9.36. The zero-order valence-electron chi connectivity index (χ0n) is 16.0. The summed E-state index contributed by atoms with van der Waals surface area (Å²) in [6.45, 7) is 11.1. The number of rotatable bonds is 8. The molecule has 0 saturated carbocycles. The fourth-order valence-corrected chi connectivity index (χ4v) is 3.63. The molecule has 24 heavy (non-hydrogen) atoms. The molecule has 1 aliphatic heterocycles. The second-order valence-corrected chi connectivity index (χ2v) is 8.24. The van der Waals surface area contributed by atoms with Crippen molar-refractivity contribution in [2.24, 2.45) is 22.2 Å². The molecule has 2 atom stereocenters. The number of benzene rings is 1. The molecule has 1 saturated heterocycles. The van der Waals surface area contributed by atoms with Crippen molar-refractivity contribution in [2.75, 3.05) is 13.2 Å². The zero-order valence-corrected chi connectivity index (χ0v) is 16.0. The van der Waals surface area contributed by atoms with Crippen LogP contribution in [0.4, 0.5) is 0 Å². The summed E-state index contributed by atoms with van der Waals surface area (Å²) >= 11 is 0. The first kappa shape index (κ1) is 19.2. The van der Waals surface area contributed by atoms with Crippen LogP contribution in [0.3, 0.4) is 0 Å². The van der Waals surface area contributed by atoms with Crippen molar-refractivity contribution in [1.82, 2.24) is 0 Å². The molecule has 0 bridgehead atoms. The van der Waals surface area contributed by atoms with Crippen LogP contribution in [0.5, 0.6) is 0 Å². The van der Waals surface area contributed by atoms with Crippen molar-refractivity contribution in [1.29, 1.82) is 0 Å². The molecule has 0 unspecified atom stereocenters. The molecule has 2 heteroatoms. The van der Waals surface area contributed by atoms with Crippen molar-refractivity contribution in [3.8, 4) is 0 Å². The van der Waals surface area contributed by atoms with Crippen LogP contribution in [0.1, 0.15) is 65.4 Å². The van der Waals surface area contributed by atoms with Crippen molar-refractivity contribution >= 4 is 6.21 Å². The SMILES string of the molecule is CC(C)CC[C@@]1(CCN=Cc2ccccc2)CCO[C@H](C(C)C)C1. The van der Waals surface area contributed by atoms with E-state index in [0.717, 1.165) is 19.1 Å². The Morgan fingerprint density at radius 1 is 1.17 bits per heavy atom. The molecule has 1 heterocycles. The van der Waals surface area contributed by atoms with Crippen LogP contribution in [-0.4, -0.2) is 25.5 Å². The number of hydrogen-bond donors (Lipinski definition) is 0. The molecule has 2 nitrogen and oxygen atoms in total. The lowest BCUT2D eigenvalue weighted by atomic mass is 9.69. The smallest absolute Gasteiger partial charge is 0.0603 e. The molecular weight excluding hydrogens is 294 g/mol. The minimum atomic E-state index is 0.420. The molecule has 0 aromatic heterocycles. The quantitative estimate of drug-likeness (QED) is 0.556. The Morgan fingerprint density at radius 3 is 2.58 bits per heavy atom. The van der Waals surface area contributed by atoms with E-state index in [2.05, 4.69) is 52.0 Å². The first-order valence-corrected chi connectivity index (χ1v) is 9.67. The Kier molecular flexibility index (Phi) is 7.48. The molecule has 1 aromatic carbocycles. The van der Waals surface area contributed by atoms with Gasteiger partial charge in [0.1, 0.15) is 0 Å². The molecule has 0 amide bonds. The Labute approximate surface area is 148 Å². The number of nitrogens with zero attached hydrogens (tertiary/aromatic N) is 1. The predicted octanol–water partition coefficient (Wildman–Crippen LogP) is 5.75. The van der Waals surface area contributed by atoms with Crippen LogP contribution in [-0.2, 0) is 4.74 Å². The van der Waals surface area contributed by atoms with Gasteiger partial charge in [-0.15, -0.1) is 0 Å². The highest BCUT2D eigenvalue weighted by Gasteiger charge is 2.37. The summed E-state index contributed by atoms with van der Waals surface area (Å²) in [5.41, 5.74) is 1.62. The molecule has 2 rings (SSSR count). The van der Waals surface area contributed by atoms with Gasteiger partial charge in [0.05, 0.1) is 6.10 Å². The summed E-state index contributed by atoms with van der Waals surface area (Å²) < 4.78 is 6.04. The molecule has 0 N–H and O–H groups in total. The number of aliphatic imine (C=N–C) groups is 1. The van der Waals surface area contributed by atoms with Crippen molar-refractivity contribution < 1.29 is 4.74 Å². The third kappa shape index (κ3) is 6.05. The topological polar surface area (TPSA) is 21.6 Å². The molecule has 0 radical (unpaired) electrons. The van der Waals surface area contributed by atoms with E-state index >= 15 is 0 Å². The third-order valence-electron chi connectivity index (χ3n) is 5.41. The number of hydrogen-bond acceptors (Lipinski definition) is 2. The van der Waals surface area contributed by atoms with Gasteiger partial charge in [0.15, 0.2) is 0 Å². The standard InChI is InChI=1S/C22H35NO/c1-18(2)10-11-22(13-15-24-21(16-22)19(3)4)12-14-23-17-20-8-6-5-7-9-20/h5-9,17-19,21H,10-16H2,1-4H3/t21-,22+/m0/s1. The van der Waals surface area contributed by atoms with Gasteiger partial charge in [0.25, 0.3) is 0 Å². The largest absolute Gasteiger partial charge is 0.378 e. The Balaban J connectivity index is 1.96. The minimum Gasteiger partial charge on any atom is -0.378 e. The lowest BCUT2D eigenvalue weighted by molar-refractivity contribution is -0.0755. The molecule has 134 valence electrons. The molecule has 1 aromatic rings. The second-order valence-electron chi connectivity index (χ2n) is 8.24. The zero-order chi connectivity index (χ0) is 17.4. The monoisotopic (exact) mass is 329 g/mol. The van der Waals surface area contributed by atoms with Crippen LogP contribution < -0.4 is 0 Å². The minimum absolute atomic E-state index is 0.420. The maximum Gasteiger partial charge on any atom is 0.0603 e. The van der Waals surface area contributed by atoms with Gasteiger partial charge in [-0.2, -0.15) is 0 Å². The summed E-state index contributed by atoms with van der Waals surface area (Å²) in [4.78, 5) is 4.71. The first-order valence-electron chi connectivity index (χ1n) is 9.67. The van der Waals surface area contributed by atoms with Crippen LogP contribution in [0.25, 0.3) is 0 Å². The highest BCUT2D eigenvalue weighted by Crippen LogP contribution is 2.43. The summed E-state index contributed by atoms with van der Waals surface area (Å²) in [6, 6.07) is 10.4. The van der Waals surface area contributed by atoms with E-state index in [9.17, 15) is 0 Å². The van der Waals surface area contributed by atoms with E-state index < -0.39 is 0 Å². The van der Waals surface area contributed by atoms with Crippen LogP contribution in [0.2, 0.25) is 0 Å². The van der Waals surface area contributed by atoms with E-state index in [4.69, 9.17) is 9.73 Å². The van der Waals surface area contributed by atoms with Crippen molar-refractivity contribution in [3.05, 3.63) is 35.9 Å². The summed E-state index contributed by atoms with van der Waals surface area (Å²) in [7, 11) is 0. The van der Waals surface area contributed by atoms with Crippen LogP contribution >= 0.6 is 0 Å². The van der Waals surface area contributed by atoms with E-state index in [1.165, 1.54) is 37.7 Å². The van der Waals surface area contributed by atoms with Crippen LogP contribution in [0.15, 0.2) is 35.3 Å². The molecule has 0 aliphatic carbocycles. The Hall–Kier alpha value is -1.15. The van der Waals surface area contributed by atoms with Crippen LogP contribution in [0, 0.1) is 17.3 Å². The average molecular weight is 330 g/mol. The van der Waals surface area contributed by atoms with Gasteiger partial charge in [-0.05, 0) is 48.5 Å². The van der Waals surface area contributed by atoms with Crippen molar-refractivity contribution in [3.63, 3.8) is 0 Å². The number of ether oxygens (including phenoxy) is 1. The van der Waals surface area contributed by atoms with Gasteiger partial charge in [-0.25, -0.2) is 0 Å². The molecule has 1 fully saturated rings. The Bertz CT molecular complexity index is 494. The lowest BCUT2D eigenvalue weighted by Gasteiger charge is -2.43. The maximum atomic E-state index is 6.04. The fourth-order valence-electron chi connectivity index (χ4n) is 3.63. The summed E-state index contributed by atoms with van der Waals surface area (Å²) in [6.07, 6.45) is 8.67. The van der Waals surface area contributed by atoms with E-state index in [-0.39, 0.29) is 0 Å². The van der Waals surface area contributed by atoms with E-state index in [0.29, 0.717) is 17.4 Å². The van der Waals surface area contributed by atoms with E-state index in [1.54, 1.807) is 0 Å². The van der Waals surface area contributed by atoms with Gasteiger partial charge in [-0.3, -0.25) is 4.99 Å². The lowest BCUT2D eigenvalue weighted by Crippen LogP contribution is -2.38. The predicted molar refractivity (Wildman–Crippen MR) is 104 cm³/mol. The highest BCUT2D eigenvalue weighted by atomic mass is 16.5. The highest BCUT2D eigenvalue weighted by molar-refractivity contribution is 5.79. The Morgan fingerprint density at radius 2 is 1.92 bits per heavy atom. The maximum absolute atomic E-state index is 6.04. The average Bonchev–Trinajstić information content (AvgIpc) is 2.58. The van der Waals surface area contributed by atoms with Crippen molar-refractivity contribution in [2.45, 2.75) is 65.9 Å². The van der Waals surface area contributed by atoms with Gasteiger partial charge >= 0.3 is 0 Å². The fraction of sp³-hybridized carbons (Fsp3) is 0.682. The third-order valence-corrected chi connectivity index (χ3v) is 5.41. The molecular formula is C22H35NO. The van der Waals surface area contributed by atoms with Gasteiger partial charge in [0, 0.05) is 19.4 Å². The molecule has 1 aliphatic rings. The summed E-state index contributed by atoms with van der Waals surface area (Å²) in [5.74, 6) is 1.38.